The molecule has 0 amide bonds. The fourth-order valence-corrected chi connectivity index (χ4v) is 3.33. The van der Waals surface area contributed by atoms with Crippen LogP contribution in [0, 0.1) is 18.6 Å². The van der Waals surface area contributed by atoms with E-state index in [1.807, 2.05) is 19.1 Å². The Bertz CT molecular complexity index is 1180. The Morgan fingerprint density at radius 2 is 1.19 bits per heavy atom. The molecule has 32 heavy (non-hydrogen) atoms. The van der Waals surface area contributed by atoms with Crippen molar-refractivity contribution < 1.29 is 17.6 Å². The highest BCUT2D eigenvalue weighted by molar-refractivity contribution is 5.72. The van der Waals surface area contributed by atoms with Crippen molar-refractivity contribution in [2.24, 2.45) is 0 Å². The molecule has 0 atom stereocenters. The van der Waals surface area contributed by atoms with Gasteiger partial charge in [0.05, 0.1) is 0 Å². The number of allylic oxidation sites excluding steroid dienone is 4. The maximum absolute atomic E-state index is 14.8. The van der Waals surface area contributed by atoms with Gasteiger partial charge >= 0.3 is 0 Å². The van der Waals surface area contributed by atoms with Gasteiger partial charge in [-0.25, -0.2) is 17.6 Å². The standard InChI is InChI=1S/C28H24F4/c1-17(2)25(29)26(30)19(4)7-8-20-9-13-22(14-10-20)24-16-15-23(27(31)28(24)32)21-11-5-18(3)6-12-21/h5-6,9-16H,1,4,7-8H2,2-3H3/b26-25-. The second-order valence-corrected chi connectivity index (χ2v) is 7.86. The average Bonchev–Trinajstić information content (AvgIpc) is 2.79. The van der Waals surface area contributed by atoms with Crippen LogP contribution in [0.1, 0.15) is 24.5 Å². The van der Waals surface area contributed by atoms with Gasteiger partial charge in [0.15, 0.2) is 23.3 Å². The molecular weight excluding hydrogens is 412 g/mol. The lowest BCUT2D eigenvalue weighted by Gasteiger charge is -2.10. The number of hydrogen-bond donors (Lipinski definition) is 0. The Morgan fingerprint density at radius 1 is 0.719 bits per heavy atom. The van der Waals surface area contributed by atoms with Gasteiger partial charge in [-0.1, -0.05) is 79.4 Å². The monoisotopic (exact) mass is 436 g/mol. The van der Waals surface area contributed by atoms with Crippen LogP contribution in [0.2, 0.25) is 0 Å². The minimum Gasteiger partial charge on any atom is -0.203 e. The summed E-state index contributed by atoms with van der Waals surface area (Å²) in [6.07, 6.45) is 0.652. The van der Waals surface area contributed by atoms with Gasteiger partial charge in [-0.3, -0.25) is 0 Å². The number of rotatable bonds is 7. The van der Waals surface area contributed by atoms with E-state index in [4.69, 9.17) is 0 Å². The average molecular weight is 436 g/mol. The van der Waals surface area contributed by atoms with Crippen molar-refractivity contribution in [3.63, 3.8) is 0 Å². The highest BCUT2D eigenvalue weighted by atomic mass is 19.2. The van der Waals surface area contributed by atoms with Crippen molar-refractivity contribution in [2.45, 2.75) is 26.7 Å². The zero-order valence-corrected chi connectivity index (χ0v) is 18.1. The molecule has 0 radical (unpaired) electrons. The third-order valence-electron chi connectivity index (χ3n) is 5.30. The van der Waals surface area contributed by atoms with Crippen LogP contribution in [0.25, 0.3) is 22.3 Å². The molecule has 0 aliphatic heterocycles. The maximum Gasteiger partial charge on any atom is 0.167 e. The zero-order valence-electron chi connectivity index (χ0n) is 18.1. The second kappa shape index (κ2) is 9.82. The van der Waals surface area contributed by atoms with Gasteiger partial charge < -0.3 is 0 Å². The summed E-state index contributed by atoms with van der Waals surface area (Å²) < 4.78 is 57.2. The molecule has 3 rings (SSSR count). The van der Waals surface area contributed by atoms with E-state index in [9.17, 15) is 17.6 Å². The lowest BCUT2D eigenvalue weighted by Crippen LogP contribution is -1.95. The lowest BCUT2D eigenvalue weighted by molar-refractivity contribution is 0.514. The van der Waals surface area contributed by atoms with Crippen LogP contribution in [0.5, 0.6) is 0 Å². The van der Waals surface area contributed by atoms with Crippen molar-refractivity contribution in [2.75, 3.05) is 0 Å². The minimum atomic E-state index is -0.989. The molecule has 0 aliphatic rings. The molecule has 0 heterocycles. The van der Waals surface area contributed by atoms with Crippen LogP contribution < -0.4 is 0 Å². The zero-order chi connectivity index (χ0) is 23.4. The van der Waals surface area contributed by atoms with Crippen LogP contribution in [0.15, 0.2) is 96.6 Å². The van der Waals surface area contributed by atoms with Crippen LogP contribution in [-0.2, 0) is 6.42 Å². The van der Waals surface area contributed by atoms with Crippen LogP contribution >= 0.6 is 0 Å². The molecule has 0 aromatic heterocycles. The van der Waals surface area contributed by atoms with Crippen LogP contribution in [-0.4, -0.2) is 0 Å². The maximum atomic E-state index is 14.8. The van der Waals surface area contributed by atoms with Gasteiger partial charge in [-0.2, -0.15) is 0 Å². The molecule has 4 heteroatoms. The second-order valence-electron chi connectivity index (χ2n) is 7.86. The third kappa shape index (κ3) is 5.08. The number of halogens is 4. The largest absolute Gasteiger partial charge is 0.203 e. The first kappa shape index (κ1) is 23.3. The topological polar surface area (TPSA) is 0 Å². The first-order chi connectivity index (χ1) is 15.2. The van der Waals surface area contributed by atoms with E-state index in [0.29, 0.717) is 17.5 Å². The molecule has 3 aromatic rings. The van der Waals surface area contributed by atoms with Crippen LogP contribution in [0.4, 0.5) is 17.6 Å². The molecule has 0 saturated carbocycles. The SMILES string of the molecule is C=C(C)/C(F)=C(/F)C(=C)CCc1ccc(-c2ccc(-c3ccc(C)cc3)c(F)c2F)cc1. The van der Waals surface area contributed by atoms with Gasteiger partial charge in [-0.05, 0) is 54.5 Å². The molecule has 0 bridgehead atoms. The Labute approximate surface area is 186 Å². The predicted molar refractivity (Wildman–Crippen MR) is 123 cm³/mol. The van der Waals surface area contributed by atoms with E-state index in [2.05, 4.69) is 13.2 Å². The lowest BCUT2D eigenvalue weighted by atomic mass is 9.96. The van der Waals surface area contributed by atoms with Gasteiger partial charge in [0.1, 0.15) is 0 Å². The normalized spacial score (nSPS) is 11.8. The Morgan fingerprint density at radius 3 is 1.66 bits per heavy atom. The van der Waals surface area contributed by atoms with Gasteiger partial charge in [0.2, 0.25) is 0 Å². The minimum absolute atomic E-state index is 0.00987. The molecule has 164 valence electrons. The summed E-state index contributed by atoms with van der Waals surface area (Å²) in [5, 5.41) is 0. The first-order valence-electron chi connectivity index (χ1n) is 10.2. The van der Waals surface area contributed by atoms with E-state index in [-0.39, 0.29) is 28.7 Å². The fraction of sp³-hybridized carbons (Fsp3) is 0.143. The molecule has 0 unspecified atom stereocenters. The van der Waals surface area contributed by atoms with E-state index >= 15 is 0 Å². The summed E-state index contributed by atoms with van der Waals surface area (Å²) in [4.78, 5) is 0. The highest BCUT2D eigenvalue weighted by Gasteiger charge is 2.16. The Hall–Kier alpha value is -3.40. The molecule has 0 aliphatic carbocycles. The first-order valence-corrected chi connectivity index (χ1v) is 10.2. The fourth-order valence-electron chi connectivity index (χ4n) is 3.33. The molecule has 3 aromatic carbocycles. The summed E-state index contributed by atoms with van der Waals surface area (Å²) in [6.45, 7) is 10.3. The van der Waals surface area contributed by atoms with Gasteiger partial charge in [-0.15, -0.1) is 0 Å². The molecule has 0 spiro atoms. The van der Waals surface area contributed by atoms with Gasteiger partial charge in [0.25, 0.3) is 0 Å². The van der Waals surface area contributed by atoms with E-state index < -0.39 is 23.3 Å². The highest BCUT2D eigenvalue weighted by Crippen LogP contribution is 2.32. The predicted octanol–water partition coefficient (Wildman–Crippen LogP) is 8.82. The summed E-state index contributed by atoms with van der Waals surface area (Å²) in [5.41, 5.74) is 3.44. The number of benzene rings is 3. The van der Waals surface area contributed by atoms with Crippen molar-refractivity contribution >= 4 is 0 Å². The van der Waals surface area contributed by atoms with Crippen molar-refractivity contribution in [1.82, 2.24) is 0 Å². The number of aryl methyl sites for hydroxylation is 2. The molecule has 0 nitrogen and oxygen atoms in total. The summed E-state index contributed by atoms with van der Waals surface area (Å²) >= 11 is 0. The molecule has 0 fully saturated rings. The third-order valence-corrected chi connectivity index (χ3v) is 5.30. The van der Waals surface area contributed by atoms with Crippen molar-refractivity contribution in [3.8, 4) is 22.3 Å². The Balaban J connectivity index is 1.77. The van der Waals surface area contributed by atoms with Crippen molar-refractivity contribution in [1.29, 1.82) is 0 Å². The molecule has 0 saturated heterocycles. The van der Waals surface area contributed by atoms with E-state index in [1.54, 1.807) is 48.5 Å². The summed E-state index contributed by atoms with van der Waals surface area (Å²) in [6, 6.07) is 17.2. The molecular formula is C28H24F4. The smallest absolute Gasteiger partial charge is 0.167 e. The number of hydrogen-bond acceptors (Lipinski definition) is 0. The quantitative estimate of drug-likeness (QED) is 0.256. The summed E-state index contributed by atoms with van der Waals surface area (Å²) in [7, 11) is 0. The van der Waals surface area contributed by atoms with E-state index in [0.717, 1.165) is 11.1 Å². The summed E-state index contributed by atoms with van der Waals surface area (Å²) in [5.74, 6) is -3.78. The van der Waals surface area contributed by atoms with Crippen LogP contribution in [0.3, 0.4) is 0 Å². The Kier molecular flexibility index (Phi) is 7.14. The van der Waals surface area contributed by atoms with Gasteiger partial charge in [0, 0.05) is 11.1 Å². The van der Waals surface area contributed by atoms with E-state index in [1.165, 1.54) is 6.92 Å². The van der Waals surface area contributed by atoms with Crippen molar-refractivity contribution in [3.05, 3.63) is 119 Å². The molecule has 0 N–H and O–H groups in total.